The number of sulfone groups is 1. The van der Waals surface area contributed by atoms with Gasteiger partial charge in [0.15, 0.2) is 9.84 Å². The zero-order valence-corrected chi connectivity index (χ0v) is 20.8. The van der Waals surface area contributed by atoms with Crippen LogP contribution in [-0.2, 0) is 37.2 Å². The first kappa shape index (κ1) is 24.1. The van der Waals surface area contributed by atoms with E-state index >= 15 is 0 Å². The van der Waals surface area contributed by atoms with Gasteiger partial charge in [-0.3, -0.25) is 14.4 Å². The number of hydrogen-bond acceptors (Lipinski definition) is 5. The Hall–Kier alpha value is -3.66. The minimum absolute atomic E-state index is 0.119. The van der Waals surface area contributed by atoms with Gasteiger partial charge < -0.3 is 20.5 Å². The molecular weight excluding hydrogens is 480 g/mol. The topological polar surface area (TPSA) is 128 Å². The highest BCUT2D eigenvalue weighted by Gasteiger charge is 2.67. The van der Waals surface area contributed by atoms with E-state index in [1.54, 1.807) is 6.20 Å². The van der Waals surface area contributed by atoms with Crippen molar-refractivity contribution < 1.29 is 22.8 Å². The first-order valence-electron chi connectivity index (χ1n) is 11.8. The molecule has 3 atom stereocenters. The van der Waals surface area contributed by atoms with Gasteiger partial charge in [0.1, 0.15) is 17.5 Å². The van der Waals surface area contributed by atoms with E-state index in [-0.39, 0.29) is 25.3 Å². The molecule has 0 unspecified atom stereocenters. The van der Waals surface area contributed by atoms with Crippen molar-refractivity contribution in [2.24, 2.45) is 0 Å². The Morgan fingerprint density at radius 3 is 2.53 bits per heavy atom. The van der Waals surface area contributed by atoms with Crippen molar-refractivity contribution in [3.63, 3.8) is 0 Å². The lowest BCUT2D eigenvalue weighted by atomic mass is 9.96. The number of para-hydroxylation sites is 1. The van der Waals surface area contributed by atoms with E-state index in [1.165, 1.54) is 13.8 Å². The largest absolute Gasteiger partial charge is 0.361 e. The summed E-state index contributed by atoms with van der Waals surface area (Å²) in [5, 5.41) is 5.58. The van der Waals surface area contributed by atoms with E-state index in [0.717, 1.165) is 26.9 Å². The second-order valence-corrected chi connectivity index (χ2v) is 12.5. The Kier molecular flexibility index (Phi) is 5.86. The van der Waals surface area contributed by atoms with Crippen LogP contribution in [0.3, 0.4) is 0 Å². The number of aromatic nitrogens is 1. The normalized spacial score (nSPS) is 22.5. The number of aromatic amines is 1. The molecule has 1 aromatic heterocycles. The standard InChI is InChI=1S/C26H28N4O5S/c1-26(2)23(30-21(31)13-22(30)36(26,34)35)25(33)29-20(24(32)28-14-16-8-4-3-5-9-16)12-17-15-27-19-11-7-6-10-18(17)19/h3-11,15,20,22-23,27H,12-14H2,1-2H3,(H,28,32)(H,29,33)/t20-,22-,23-/m0/s1. The fourth-order valence-electron chi connectivity index (χ4n) is 5.14. The Morgan fingerprint density at radius 1 is 1.11 bits per heavy atom. The third kappa shape index (κ3) is 3.85. The lowest BCUT2D eigenvalue weighted by Gasteiger charge is -2.37. The quantitative estimate of drug-likeness (QED) is 0.418. The van der Waals surface area contributed by atoms with Crippen molar-refractivity contribution >= 4 is 38.5 Å². The summed E-state index contributed by atoms with van der Waals surface area (Å²) >= 11 is 0. The second-order valence-electron chi connectivity index (χ2n) is 9.84. The van der Waals surface area contributed by atoms with Gasteiger partial charge in [-0.05, 0) is 31.0 Å². The van der Waals surface area contributed by atoms with Crippen molar-refractivity contribution in [1.29, 1.82) is 0 Å². The lowest BCUT2D eigenvalue weighted by molar-refractivity contribution is -0.150. The average Bonchev–Trinajstić information content (AvgIpc) is 3.31. The predicted octanol–water partition coefficient (Wildman–Crippen LogP) is 1.65. The molecule has 2 saturated heterocycles. The molecule has 10 heteroatoms. The van der Waals surface area contributed by atoms with Crippen molar-refractivity contribution in [1.82, 2.24) is 20.5 Å². The van der Waals surface area contributed by atoms with Crippen LogP contribution in [0.25, 0.3) is 10.9 Å². The monoisotopic (exact) mass is 508 g/mol. The number of amides is 3. The van der Waals surface area contributed by atoms with Crippen LogP contribution in [-0.4, -0.2) is 58.2 Å². The van der Waals surface area contributed by atoms with Crippen LogP contribution in [0.2, 0.25) is 0 Å². The summed E-state index contributed by atoms with van der Waals surface area (Å²) in [5.74, 6) is -1.43. The van der Waals surface area contributed by atoms with Gasteiger partial charge in [0.25, 0.3) is 0 Å². The van der Waals surface area contributed by atoms with Crippen LogP contribution < -0.4 is 10.6 Å². The molecule has 9 nitrogen and oxygen atoms in total. The summed E-state index contributed by atoms with van der Waals surface area (Å²) in [6, 6.07) is 14.8. The smallest absolute Gasteiger partial charge is 0.245 e. The molecule has 3 heterocycles. The number of β-lactam (4-membered cyclic amide) rings is 1. The highest BCUT2D eigenvalue weighted by molar-refractivity contribution is 7.93. The predicted molar refractivity (Wildman–Crippen MR) is 134 cm³/mol. The molecule has 0 spiro atoms. The highest BCUT2D eigenvalue weighted by Crippen LogP contribution is 2.45. The summed E-state index contributed by atoms with van der Waals surface area (Å²) in [6.07, 6.45) is 1.87. The average molecular weight is 509 g/mol. The van der Waals surface area contributed by atoms with Gasteiger partial charge in [0.05, 0.1) is 11.2 Å². The Balaban J connectivity index is 1.41. The molecule has 0 aliphatic carbocycles. The fraction of sp³-hybridized carbons (Fsp3) is 0.346. The van der Waals surface area contributed by atoms with Crippen LogP contribution in [0, 0.1) is 0 Å². The van der Waals surface area contributed by atoms with Crippen molar-refractivity contribution in [3.05, 3.63) is 71.9 Å². The molecule has 3 amide bonds. The van der Waals surface area contributed by atoms with E-state index in [0.29, 0.717) is 0 Å². The van der Waals surface area contributed by atoms with E-state index in [4.69, 9.17) is 0 Å². The number of hydrogen-bond donors (Lipinski definition) is 3. The molecule has 3 aromatic rings. The molecule has 188 valence electrons. The Labute approximate surface area is 209 Å². The third-order valence-electron chi connectivity index (χ3n) is 7.27. The summed E-state index contributed by atoms with van der Waals surface area (Å²) in [6.45, 7) is 3.20. The van der Waals surface area contributed by atoms with E-state index in [1.807, 2.05) is 54.6 Å². The zero-order valence-electron chi connectivity index (χ0n) is 20.0. The van der Waals surface area contributed by atoms with E-state index in [2.05, 4.69) is 15.6 Å². The maximum absolute atomic E-state index is 13.5. The van der Waals surface area contributed by atoms with Gasteiger partial charge in [-0.1, -0.05) is 48.5 Å². The molecule has 5 rings (SSSR count). The van der Waals surface area contributed by atoms with Gasteiger partial charge in [0.2, 0.25) is 17.7 Å². The molecule has 0 radical (unpaired) electrons. The molecule has 2 fully saturated rings. The molecule has 0 saturated carbocycles. The number of carbonyl (C=O) groups excluding carboxylic acids is 3. The van der Waals surface area contributed by atoms with Crippen LogP contribution in [0.4, 0.5) is 0 Å². The summed E-state index contributed by atoms with van der Waals surface area (Å²) in [5.41, 5.74) is 2.64. The maximum Gasteiger partial charge on any atom is 0.245 e. The van der Waals surface area contributed by atoms with Gasteiger partial charge in [-0.2, -0.15) is 0 Å². The highest BCUT2D eigenvalue weighted by atomic mass is 32.2. The van der Waals surface area contributed by atoms with Gasteiger partial charge >= 0.3 is 0 Å². The lowest BCUT2D eigenvalue weighted by Crippen LogP contribution is -2.61. The maximum atomic E-state index is 13.5. The third-order valence-corrected chi connectivity index (χ3v) is 10.1. The molecule has 0 bridgehead atoms. The second kappa shape index (κ2) is 8.77. The summed E-state index contributed by atoms with van der Waals surface area (Å²) < 4.78 is 24.4. The molecule has 3 N–H and O–H groups in total. The van der Waals surface area contributed by atoms with Crippen molar-refractivity contribution in [2.75, 3.05) is 0 Å². The van der Waals surface area contributed by atoms with Crippen LogP contribution in [0.1, 0.15) is 31.4 Å². The van der Waals surface area contributed by atoms with Crippen molar-refractivity contribution in [3.8, 4) is 0 Å². The minimum atomic E-state index is -3.74. The Morgan fingerprint density at radius 2 is 1.81 bits per heavy atom. The Bertz CT molecular complexity index is 1450. The number of fused-ring (bicyclic) bond motifs is 2. The van der Waals surface area contributed by atoms with Gasteiger partial charge in [-0.15, -0.1) is 0 Å². The van der Waals surface area contributed by atoms with Gasteiger partial charge in [-0.25, -0.2) is 8.42 Å². The van der Waals surface area contributed by atoms with E-state index in [9.17, 15) is 22.8 Å². The number of H-pyrrole nitrogens is 1. The van der Waals surface area contributed by atoms with Crippen LogP contribution in [0.15, 0.2) is 60.8 Å². The van der Waals surface area contributed by atoms with Crippen LogP contribution in [0.5, 0.6) is 0 Å². The van der Waals surface area contributed by atoms with Crippen LogP contribution >= 0.6 is 0 Å². The summed E-state index contributed by atoms with van der Waals surface area (Å²) in [4.78, 5) is 43.4. The number of rotatable bonds is 7. The molecular formula is C26H28N4O5S. The number of benzene rings is 2. The van der Waals surface area contributed by atoms with Crippen molar-refractivity contribution in [2.45, 2.75) is 55.4 Å². The fourth-order valence-corrected chi connectivity index (χ4v) is 7.28. The van der Waals surface area contributed by atoms with Gasteiger partial charge in [0, 0.05) is 30.1 Å². The minimum Gasteiger partial charge on any atom is -0.361 e. The first-order valence-corrected chi connectivity index (χ1v) is 13.4. The molecule has 2 aliphatic rings. The number of nitrogens with zero attached hydrogens (tertiary/aromatic N) is 1. The number of carbonyl (C=O) groups is 3. The molecule has 2 aromatic carbocycles. The molecule has 2 aliphatic heterocycles. The molecule has 36 heavy (non-hydrogen) atoms. The summed E-state index contributed by atoms with van der Waals surface area (Å²) in [7, 11) is -3.74. The number of nitrogens with one attached hydrogen (secondary N) is 3. The SMILES string of the molecule is CC1(C)[C@H](C(=O)N[C@@H](Cc2c[nH]c3ccccc23)C(=O)NCc2ccccc2)N2C(=O)C[C@@H]2S1(=O)=O. The first-order chi connectivity index (χ1) is 17.1. The zero-order chi connectivity index (χ0) is 25.7. The van der Waals surface area contributed by atoms with E-state index < -0.39 is 43.9 Å².